The van der Waals surface area contributed by atoms with Gasteiger partial charge in [-0.1, -0.05) is 66.9 Å². The lowest BCUT2D eigenvalue weighted by molar-refractivity contribution is 0.597. The van der Waals surface area contributed by atoms with Gasteiger partial charge in [0.2, 0.25) is 0 Å². The molecule has 0 saturated heterocycles. The Hall–Kier alpha value is -3.93. The molecular weight excluding hydrogens is 616 g/mol. The minimum absolute atomic E-state index is 0.00337. The summed E-state index contributed by atoms with van der Waals surface area (Å²) in [5, 5.41) is 0.318. The third-order valence-electron chi connectivity index (χ3n) is 7.13. The zero-order chi connectivity index (χ0) is 30.9. The molecule has 9 nitrogen and oxygen atoms in total. The van der Waals surface area contributed by atoms with Crippen molar-refractivity contribution in [2.45, 2.75) is 50.5 Å². The molecule has 2 aromatic heterocycles. The number of anilines is 1. The van der Waals surface area contributed by atoms with Crippen LogP contribution in [-0.2, 0) is 23.0 Å². The molecule has 0 aliphatic rings. The first-order valence-corrected chi connectivity index (χ1v) is 15.8. The Morgan fingerprint density at radius 3 is 2.44 bits per heavy atom. The van der Waals surface area contributed by atoms with E-state index in [1.807, 2.05) is 6.92 Å². The molecule has 0 bridgehead atoms. The summed E-state index contributed by atoms with van der Waals surface area (Å²) < 4.78 is 45.1. The summed E-state index contributed by atoms with van der Waals surface area (Å²) in [6.07, 6.45) is 1.72. The first kappa shape index (κ1) is 30.5. The number of aryl methyl sites for hydroxylation is 2. The molecule has 1 atom stereocenters. The molecule has 0 fully saturated rings. The molecule has 0 amide bonds. The number of rotatable bonds is 10. The van der Waals surface area contributed by atoms with Crippen LogP contribution in [0.15, 0.2) is 75.1 Å². The topological polar surface area (TPSA) is 130 Å². The average Bonchev–Trinajstić information content (AvgIpc) is 3.38. The van der Waals surface area contributed by atoms with Crippen LogP contribution in [0.5, 0.6) is 0 Å². The molecule has 0 saturated carbocycles. The fourth-order valence-corrected chi connectivity index (χ4v) is 7.27. The van der Waals surface area contributed by atoms with Crippen molar-refractivity contribution in [2.24, 2.45) is 0 Å². The van der Waals surface area contributed by atoms with E-state index < -0.39 is 33.0 Å². The van der Waals surface area contributed by atoms with Crippen molar-refractivity contribution in [3.8, 4) is 0 Å². The molecule has 3 aromatic carbocycles. The maximum absolute atomic E-state index is 14.8. The number of aromatic amines is 2. The molecule has 0 aliphatic carbocycles. The highest BCUT2D eigenvalue weighted by Gasteiger charge is 2.25. The van der Waals surface area contributed by atoms with Crippen LogP contribution in [0.1, 0.15) is 48.2 Å². The molecule has 2 heterocycles. The van der Waals surface area contributed by atoms with Gasteiger partial charge >= 0.3 is 5.69 Å². The van der Waals surface area contributed by atoms with Gasteiger partial charge in [-0.3, -0.25) is 19.1 Å². The number of nitrogens with zero attached hydrogens (tertiary/aromatic N) is 2. The van der Waals surface area contributed by atoms with E-state index in [2.05, 4.69) is 19.7 Å². The number of hydrogen-bond acceptors (Lipinski definition) is 5. The second kappa shape index (κ2) is 12.4. The Morgan fingerprint density at radius 2 is 1.77 bits per heavy atom. The molecule has 0 aliphatic heterocycles. The van der Waals surface area contributed by atoms with Crippen molar-refractivity contribution >= 4 is 50.1 Å². The maximum atomic E-state index is 14.8. The second-order valence-electron chi connectivity index (χ2n) is 10.2. The van der Waals surface area contributed by atoms with Gasteiger partial charge in [0.05, 0.1) is 5.02 Å². The van der Waals surface area contributed by atoms with Crippen molar-refractivity contribution < 1.29 is 12.8 Å². The number of unbranched alkanes of at least 4 members (excludes halogenated alkanes) is 1. The predicted octanol–water partition coefficient (Wildman–Crippen LogP) is 6.14. The van der Waals surface area contributed by atoms with Crippen molar-refractivity contribution in [1.29, 1.82) is 0 Å². The van der Waals surface area contributed by atoms with Gasteiger partial charge < -0.3 is 4.98 Å². The standard InChI is InChI=1S/C30H28Cl2FN5O4S/c1-3-4-13-38-28-25(29(39)36-30(38)40)34-27(35-28)22(15-19-7-5-6-8-24(19)33)18-9-11-21(12-10-18)37-43(41,42)26-17(2)14-20(31)16-23(26)32/h5-12,14,16,22,37H,3-4,13,15H2,1-2H3,(H,34,35)(H,36,39,40). The Kier molecular flexibility index (Phi) is 8.77. The zero-order valence-corrected chi connectivity index (χ0v) is 25.6. The van der Waals surface area contributed by atoms with Crippen molar-refractivity contribution in [1.82, 2.24) is 19.5 Å². The monoisotopic (exact) mass is 643 g/mol. The van der Waals surface area contributed by atoms with Crippen LogP contribution in [0, 0.1) is 12.7 Å². The Balaban J connectivity index is 1.55. The predicted molar refractivity (Wildman–Crippen MR) is 166 cm³/mol. The summed E-state index contributed by atoms with van der Waals surface area (Å²) in [5.41, 5.74) is 0.961. The molecule has 5 aromatic rings. The molecule has 1 unspecified atom stereocenters. The van der Waals surface area contributed by atoms with E-state index in [1.54, 1.807) is 49.4 Å². The molecular formula is C30H28Cl2FN5O4S. The zero-order valence-electron chi connectivity index (χ0n) is 23.2. The van der Waals surface area contributed by atoms with Gasteiger partial charge in [0.25, 0.3) is 15.6 Å². The second-order valence-corrected chi connectivity index (χ2v) is 12.7. The van der Waals surface area contributed by atoms with Crippen LogP contribution in [0.25, 0.3) is 11.2 Å². The number of nitrogens with one attached hydrogen (secondary N) is 3. The quantitative estimate of drug-likeness (QED) is 0.168. The van der Waals surface area contributed by atoms with Crippen LogP contribution in [0.3, 0.4) is 0 Å². The third-order valence-corrected chi connectivity index (χ3v) is 9.34. The summed E-state index contributed by atoms with van der Waals surface area (Å²) in [4.78, 5) is 35.3. The van der Waals surface area contributed by atoms with Gasteiger partial charge in [-0.05, 0) is 66.8 Å². The van der Waals surface area contributed by atoms with E-state index in [4.69, 9.17) is 23.2 Å². The molecule has 0 spiro atoms. The van der Waals surface area contributed by atoms with Crippen LogP contribution in [-0.4, -0.2) is 27.9 Å². The van der Waals surface area contributed by atoms with E-state index in [0.29, 0.717) is 40.5 Å². The number of aromatic nitrogens is 4. The van der Waals surface area contributed by atoms with Crippen LogP contribution in [0.4, 0.5) is 10.1 Å². The van der Waals surface area contributed by atoms with Gasteiger partial charge in [-0.15, -0.1) is 0 Å². The lowest BCUT2D eigenvalue weighted by Crippen LogP contribution is -2.30. The fourth-order valence-electron chi connectivity index (χ4n) is 5.02. The number of imidazole rings is 1. The van der Waals surface area contributed by atoms with Gasteiger partial charge in [0, 0.05) is 23.2 Å². The van der Waals surface area contributed by atoms with Gasteiger partial charge in [-0.2, -0.15) is 0 Å². The van der Waals surface area contributed by atoms with Crippen LogP contribution < -0.4 is 16.0 Å². The van der Waals surface area contributed by atoms with Crippen molar-refractivity contribution in [3.63, 3.8) is 0 Å². The largest absolute Gasteiger partial charge is 0.336 e. The normalized spacial score (nSPS) is 12.5. The van der Waals surface area contributed by atoms with Crippen LogP contribution in [0.2, 0.25) is 10.0 Å². The number of halogens is 3. The van der Waals surface area contributed by atoms with E-state index >= 15 is 0 Å². The Labute approximate surface area is 256 Å². The smallest absolute Gasteiger partial charge is 0.330 e. The number of benzene rings is 3. The van der Waals surface area contributed by atoms with Crippen molar-refractivity contribution in [3.05, 3.63) is 120 Å². The fraction of sp³-hybridized carbons (Fsp3) is 0.233. The van der Waals surface area contributed by atoms with E-state index in [9.17, 15) is 22.4 Å². The number of hydrogen-bond donors (Lipinski definition) is 3. The minimum atomic E-state index is -4.05. The SMILES string of the molecule is CCCCn1c(=O)[nH]c(=O)c2[nH]c(C(Cc3ccccc3F)c3ccc(NS(=O)(=O)c4c(C)cc(Cl)cc4Cl)cc3)nc21. The third kappa shape index (κ3) is 6.39. The molecule has 13 heteroatoms. The molecule has 224 valence electrons. The summed E-state index contributed by atoms with van der Waals surface area (Å²) in [6, 6.07) is 15.8. The van der Waals surface area contributed by atoms with Gasteiger partial charge in [0.1, 0.15) is 22.1 Å². The van der Waals surface area contributed by atoms with Crippen LogP contribution >= 0.6 is 23.2 Å². The summed E-state index contributed by atoms with van der Waals surface area (Å²) in [5.74, 6) is -0.616. The summed E-state index contributed by atoms with van der Waals surface area (Å²) >= 11 is 12.2. The number of H-pyrrole nitrogens is 2. The van der Waals surface area contributed by atoms with Gasteiger partial charge in [0.15, 0.2) is 5.65 Å². The molecule has 0 radical (unpaired) electrons. The molecule has 3 N–H and O–H groups in total. The lowest BCUT2D eigenvalue weighted by Gasteiger charge is -2.17. The highest BCUT2D eigenvalue weighted by Crippen LogP contribution is 2.32. The molecule has 43 heavy (non-hydrogen) atoms. The first-order valence-electron chi connectivity index (χ1n) is 13.5. The van der Waals surface area contributed by atoms with E-state index in [-0.39, 0.29) is 33.2 Å². The highest BCUT2D eigenvalue weighted by atomic mass is 35.5. The van der Waals surface area contributed by atoms with Gasteiger partial charge in [-0.25, -0.2) is 22.6 Å². The van der Waals surface area contributed by atoms with E-state index in [1.165, 1.54) is 22.8 Å². The summed E-state index contributed by atoms with van der Waals surface area (Å²) in [7, 11) is -4.05. The average molecular weight is 645 g/mol. The summed E-state index contributed by atoms with van der Waals surface area (Å²) in [6.45, 7) is 3.96. The number of fused-ring (bicyclic) bond motifs is 1. The van der Waals surface area contributed by atoms with E-state index in [0.717, 1.165) is 6.42 Å². The Bertz CT molecular complexity index is 2020. The molecule has 5 rings (SSSR count). The van der Waals surface area contributed by atoms with Crippen molar-refractivity contribution in [2.75, 3.05) is 4.72 Å². The first-order chi connectivity index (χ1) is 20.5. The lowest BCUT2D eigenvalue weighted by atomic mass is 9.91. The Morgan fingerprint density at radius 1 is 1.05 bits per heavy atom. The maximum Gasteiger partial charge on any atom is 0.330 e. The number of sulfonamides is 1. The highest BCUT2D eigenvalue weighted by molar-refractivity contribution is 7.92. The minimum Gasteiger partial charge on any atom is -0.336 e.